The maximum atomic E-state index is 13.5. The highest BCUT2D eigenvalue weighted by molar-refractivity contribution is 6.04. The van der Waals surface area contributed by atoms with Gasteiger partial charge in [0.25, 0.3) is 0 Å². The standard InChI is InChI=1S/C25H31N3O/c1-14(2)16(4)25(29)28-21-7-5-6-18(21)13-22(28)24-26-20-11-9-17-12-15(3)8-10-19(17)23(20)27-24/h8-12,14,16,18,21-22H,5-7,13H2,1-4H3,(H,26,27)/t16-,18-,21-,22-/m0/s1. The molecule has 2 aliphatic rings. The predicted octanol–water partition coefficient (Wildman–Crippen LogP) is 5.76. The zero-order valence-corrected chi connectivity index (χ0v) is 17.9. The maximum Gasteiger partial charge on any atom is 0.226 e. The molecule has 0 bridgehead atoms. The van der Waals surface area contributed by atoms with Gasteiger partial charge in [0.15, 0.2) is 0 Å². The molecule has 2 aromatic carbocycles. The molecule has 1 saturated carbocycles. The minimum Gasteiger partial charge on any atom is -0.340 e. The number of benzene rings is 2. The van der Waals surface area contributed by atoms with Gasteiger partial charge in [0, 0.05) is 17.3 Å². The van der Waals surface area contributed by atoms with E-state index in [2.05, 4.69) is 67.9 Å². The van der Waals surface area contributed by atoms with Crippen LogP contribution in [0, 0.1) is 24.7 Å². The lowest BCUT2D eigenvalue weighted by Gasteiger charge is -2.32. The smallest absolute Gasteiger partial charge is 0.226 e. The molecule has 0 unspecified atom stereocenters. The van der Waals surface area contributed by atoms with E-state index in [0.717, 1.165) is 29.7 Å². The number of amides is 1. The summed E-state index contributed by atoms with van der Waals surface area (Å²) in [7, 11) is 0. The zero-order valence-electron chi connectivity index (χ0n) is 17.9. The Morgan fingerprint density at radius 2 is 2.00 bits per heavy atom. The second-order valence-corrected chi connectivity index (χ2v) is 9.60. The Bertz CT molecular complexity index is 1080. The van der Waals surface area contributed by atoms with Gasteiger partial charge < -0.3 is 9.88 Å². The molecule has 4 heteroatoms. The van der Waals surface area contributed by atoms with Crippen LogP contribution in [0.5, 0.6) is 0 Å². The SMILES string of the molecule is Cc1ccc2c(ccc3[nH]c([C@@H]4C[C@@H]5CCC[C@@H]5N4C(=O)[C@@H](C)C(C)C)nc32)c1. The van der Waals surface area contributed by atoms with Crippen molar-refractivity contribution >= 4 is 27.7 Å². The molecule has 2 fully saturated rings. The van der Waals surface area contributed by atoms with Crippen LogP contribution in [0.4, 0.5) is 0 Å². The first-order valence-electron chi connectivity index (χ1n) is 11.1. The van der Waals surface area contributed by atoms with E-state index in [4.69, 9.17) is 4.98 Å². The highest BCUT2D eigenvalue weighted by Gasteiger charge is 2.48. The third-order valence-corrected chi connectivity index (χ3v) is 7.44. The Morgan fingerprint density at radius 1 is 1.17 bits per heavy atom. The van der Waals surface area contributed by atoms with Gasteiger partial charge in [-0.25, -0.2) is 4.98 Å². The van der Waals surface area contributed by atoms with E-state index in [1.165, 1.54) is 29.2 Å². The highest BCUT2D eigenvalue weighted by atomic mass is 16.2. The van der Waals surface area contributed by atoms with E-state index in [-0.39, 0.29) is 12.0 Å². The van der Waals surface area contributed by atoms with Crippen LogP contribution in [-0.4, -0.2) is 26.8 Å². The third-order valence-electron chi connectivity index (χ3n) is 7.44. The van der Waals surface area contributed by atoms with Crippen molar-refractivity contribution in [2.24, 2.45) is 17.8 Å². The van der Waals surface area contributed by atoms with Crippen LogP contribution in [0.2, 0.25) is 0 Å². The van der Waals surface area contributed by atoms with Gasteiger partial charge in [-0.05, 0) is 49.5 Å². The van der Waals surface area contributed by atoms with Crippen LogP contribution >= 0.6 is 0 Å². The molecular weight excluding hydrogens is 358 g/mol. The summed E-state index contributed by atoms with van der Waals surface area (Å²) in [6.07, 6.45) is 4.66. The number of H-pyrrole nitrogens is 1. The number of hydrogen-bond acceptors (Lipinski definition) is 2. The largest absolute Gasteiger partial charge is 0.340 e. The van der Waals surface area contributed by atoms with Crippen LogP contribution in [0.25, 0.3) is 21.8 Å². The summed E-state index contributed by atoms with van der Waals surface area (Å²) in [4.78, 5) is 24.3. The predicted molar refractivity (Wildman–Crippen MR) is 118 cm³/mol. The molecule has 4 nitrogen and oxygen atoms in total. The van der Waals surface area contributed by atoms with E-state index in [0.29, 0.717) is 23.8 Å². The Hall–Kier alpha value is -2.36. The van der Waals surface area contributed by atoms with E-state index in [9.17, 15) is 4.79 Å². The first kappa shape index (κ1) is 18.7. The molecule has 29 heavy (non-hydrogen) atoms. The number of aromatic amines is 1. The number of nitrogens with one attached hydrogen (secondary N) is 1. The van der Waals surface area contributed by atoms with E-state index < -0.39 is 0 Å². The molecule has 1 aliphatic carbocycles. The van der Waals surface area contributed by atoms with Crippen LogP contribution in [0.15, 0.2) is 30.3 Å². The minimum atomic E-state index is 0.0463. The number of fused-ring (bicyclic) bond motifs is 4. The molecule has 1 aliphatic heterocycles. The summed E-state index contributed by atoms with van der Waals surface area (Å²) in [5.41, 5.74) is 3.35. The number of hydrogen-bond donors (Lipinski definition) is 1. The van der Waals surface area contributed by atoms with Crippen LogP contribution in [0.3, 0.4) is 0 Å². The van der Waals surface area contributed by atoms with Crippen molar-refractivity contribution < 1.29 is 4.79 Å². The van der Waals surface area contributed by atoms with Gasteiger partial charge in [0.2, 0.25) is 5.91 Å². The molecular formula is C25H31N3O. The molecule has 5 rings (SSSR count). The lowest BCUT2D eigenvalue weighted by Crippen LogP contribution is -2.42. The topological polar surface area (TPSA) is 49.0 Å². The first-order chi connectivity index (χ1) is 13.9. The summed E-state index contributed by atoms with van der Waals surface area (Å²) in [6, 6.07) is 11.3. The summed E-state index contributed by atoms with van der Waals surface area (Å²) in [6.45, 7) is 8.50. The number of nitrogens with zero attached hydrogens (tertiary/aromatic N) is 2. The number of rotatable bonds is 3. The van der Waals surface area contributed by atoms with Gasteiger partial charge in [0.1, 0.15) is 5.82 Å². The minimum absolute atomic E-state index is 0.0463. The number of imidazole rings is 1. The Balaban J connectivity index is 1.58. The van der Waals surface area contributed by atoms with Crippen LogP contribution in [0.1, 0.15) is 63.9 Å². The first-order valence-corrected chi connectivity index (χ1v) is 11.1. The summed E-state index contributed by atoms with van der Waals surface area (Å²) >= 11 is 0. The number of aryl methyl sites for hydroxylation is 1. The van der Waals surface area contributed by atoms with Crippen LogP contribution in [-0.2, 0) is 4.79 Å². The molecule has 0 spiro atoms. The van der Waals surface area contributed by atoms with Crippen molar-refractivity contribution in [3.05, 3.63) is 41.7 Å². The fourth-order valence-corrected chi connectivity index (χ4v) is 5.47. The molecule has 4 atom stereocenters. The van der Waals surface area contributed by atoms with Gasteiger partial charge in [-0.2, -0.15) is 0 Å². The average Bonchev–Trinajstić information content (AvgIpc) is 3.39. The molecule has 1 amide bonds. The number of carbonyl (C=O) groups excluding carboxylic acids is 1. The van der Waals surface area contributed by atoms with E-state index >= 15 is 0 Å². The third kappa shape index (κ3) is 2.95. The van der Waals surface area contributed by atoms with E-state index in [1.807, 2.05) is 0 Å². The van der Waals surface area contributed by atoms with E-state index in [1.54, 1.807) is 0 Å². The van der Waals surface area contributed by atoms with Crippen molar-refractivity contribution in [3.8, 4) is 0 Å². The molecule has 3 aromatic rings. The van der Waals surface area contributed by atoms with Crippen molar-refractivity contribution in [1.82, 2.24) is 14.9 Å². The Morgan fingerprint density at radius 3 is 2.79 bits per heavy atom. The fraction of sp³-hybridized carbons (Fsp3) is 0.520. The van der Waals surface area contributed by atoms with Gasteiger partial charge >= 0.3 is 0 Å². The summed E-state index contributed by atoms with van der Waals surface area (Å²) < 4.78 is 0. The molecule has 0 radical (unpaired) electrons. The monoisotopic (exact) mass is 389 g/mol. The fourth-order valence-electron chi connectivity index (χ4n) is 5.47. The molecule has 152 valence electrons. The Labute approximate surface area is 172 Å². The molecule has 1 saturated heterocycles. The number of likely N-dealkylation sites (tertiary alicyclic amines) is 1. The van der Waals surface area contributed by atoms with Gasteiger partial charge in [-0.1, -0.05) is 57.0 Å². The van der Waals surface area contributed by atoms with Crippen molar-refractivity contribution in [2.45, 2.75) is 65.5 Å². The van der Waals surface area contributed by atoms with Crippen LogP contribution < -0.4 is 0 Å². The molecule has 1 aromatic heterocycles. The summed E-state index contributed by atoms with van der Waals surface area (Å²) in [5, 5.41) is 2.41. The average molecular weight is 390 g/mol. The molecule has 2 heterocycles. The quantitative estimate of drug-likeness (QED) is 0.619. The van der Waals surface area contributed by atoms with Crippen molar-refractivity contribution in [3.63, 3.8) is 0 Å². The molecule has 1 N–H and O–H groups in total. The second-order valence-electron chi connectivity index (χ2n) is 9.60. The second kappa shape index (κ2) is 6.86. The Kier molecular flexibility index (Phi) is 4.41. The summed E-state index contributed by atoms with van der Waals surface area (Å²) in [5.74, 6) is 2.29. The van der Waals surface area contributed by atoms with Gasteiger partial charge in [-0.15, -0.1) is 0 Å². The van der Waals surface area contributed by atoms with Crippen molar-refractivity contribution in [1.29, 1.82) is 0 Å². The number of aromatic nitrogens is 2. The van der Waals surface area contributed by atoms with Crippen molar-refractivity contribution in [2.75, 3.05) is 0 Å². The lowest BCUT2D eigenvalue weighted by atomic mass is 9.95. The highest BCUT2D eigenvalue weighted by Crippen LogP contribution is 2.48. The maximum absolute atomic E-state index is 13.5. The zero-order chi connectivity index (χ0) is 20.3. The van der Waals surface area contributed by atoms with Gasteiger partial charge in [-0.3, -0.25) is 4.79 Å². The van der Waals surface area contributed by atoms with Gasteiger partial charge in [0.05, 0.1) is 17.1 Å². The lowest BCUT2D eigenvalue weighted by molar-refractivity contribution is -0.139. The number of carbonyl (C=O) groups is 1. The normalized spacial score (nSPS) is 25.3.